The topological polar surface area (TPSA) is 116 Å². The van der Waals surface area contributed by atoms with Crippen molar-refractivity contribution in [3.63, 3.8) is 0 Å². The number of likely N-dealkylation sites (N-methyl/N-ethyl adjacent to an activating group) is 1. The molecule has 0 bridgehead atoms. The maximum Gasteiger partial charge on any atom is 0.270 e. The molecule has 0 spiro atoms. The summed E-state index contributed by atoms with van der Waals surface area (Å²) >= 11 is 0. The van der Waals surface area contributed by atoms with Crippen LogP contribution in [0.25, 0.3) is 0 Å². The van der Waals surface area contributed by atoms with Crippen LogP contribution in [0.4, 0.5) is 5.69 Å². The molecule has 1 fully saturated rings. The smallest absolute Gasteiger partial charge is 0.270 e. The Morgan fingerprint density at radius 1 is 1.24 bits per heavy atom. The molecule has 1 aromatic rings. The highest BCUT2D eigenvalue weighted by atomic mass is 32.2. The lowest BCUT2D eigenvalue weighted by Gasteiger charge is -2.28. The Morgan fingerprint density at radius 3 is 2.55 bits per heavy atom. The standard InChI is InChI=1S/C19H24N4O5S/c1-13-3-5-14(6-4-13)20-17(24)11-22(2)19(26)16-7-8-18(25)23(21-16)15-9-10-29(27,28)12-15/h3-6,15H,7-12H2,1-2H3,(H,20,24)/t15-/m0/s1. The monoisotopic (exact) mass is 420 g/mol. The molecule has 0 unspecified atom stereocenters. The maximum absolute atomic E-state index is 12.7. The fourth-order valence-corrected chi connectivity index (χ4v) is 5.02. The van der Waals surface area contributed by atoms with E-state index in [-0.39, 0.29) is 48.4 Å². The summed E-state index contributed by atoms with van der Waals surface area (Å²) in [6.07, 6.45) is 0.565. The molecule has 3 rings (SSSR count). The van der Waals surface area contributed by atoms with E-state index in [2.05, 4.69) is 10.4 Å². The number of amides is 3. The van der Waals surface area contributed by atoms with Gasteiger partial charge in [-0.1, -0.05) is 17.7 Å². The molecule has 0 radical (unpaired) electrons. The first kappa shape index (κ1) is 21.0. The van der Waals surface area contributed by atoms with Gasteiger partial charge in [0.2, 0.25) is 11.8 Å². The number of aryl methyl sites for hydroxylation is 1. The van der Waals surface area contributed by atoms with E-state index in [0.717, 1.165) is 10.6 Å². The van der Waals surface area contributed by atoms with Crippen molar-refractivity contribution in [1.29, 1.82) is 0 Å². The third kappa shape index (κ3) is 5.20. The Labute approximate surface area is 169 Å². The third-order valence-corrected chi connectivity index (χ3v) is 6.67. The molecular formula is C19H24N4O5S. The van der Waals surface area contributed by atoms with E-state index in [1.165, 1.54) is 11.9 Å². The molecule has 10 heteroatoms. The number of anilines is 1. The van der Waals surface area contributed by atoms with Crippen LogP contribution in [-0.2, 0) is 24.2 Å². The molecule has 2 aliphatic rings. The molecule has 2 aliphatic heterocycles. The zero-order chi connectivity index (χ0) is 21.2. The van der Waals surface area contributed by atoms with Crippen molar-refractivity contribution in [3.8, 4) is 0 Å². The van der Waals surface area contributed by atoms with Crippen LogP contribution in [0.2, 0.25) is 0 Å². The molecule has 3 amide bonds. The van der Waals surface area contributed by atoms with Crippen LogP contribution in [0.5, 0.6) is 0 Å². The van der Waals surface area contributed by atoms with Gasteiger partial charge in [0.05, 0.1) is 24.1 Å². The number of sulfone groups is 1. The van der Waals surface area contributed by atoms with Gasteiger partial charge in [-0.2, -0.15) is 5.10 Å². The molecule has 0 aliphatic carbocycles. The first-order chi connectivity index (χ1) is 13.6. The van der Waals surface area contributed by atoms with E-state index >= 15 is 0 Å². The van der Waals surface area contributed by atoms with E-state index in [9.17, 15) is 22.8 Å². The lowest BCUT2D eigenvalue weighted by Crippen LogP contribution is -2.45. The largest absolute Gasteiger partial charge is 0.331 e. The fourth-order valence-electron chi connectivity index (χ4n) is 3.32. The van der Waals surface area contributed by atoms with Gasteiger partial charge in [-0.05, 0) is 25.5 Å². The summed E-state index contributed by atoms with van der Waals surface area (Å²) in [6, 6.07) is 6.76. The van der Waals surface area contributed by atoms with Gasteiger partial charge in [0.25, 0.3) is 5.91 Å². The Morgan fingerprint density at radius 2 is 1.93 bits per heavy atom. The first-order valence-electron chi connectivity index (χ1n) is 9.36. The zero-order valence-electron chi connectivity index (χ0n) is 16.4. The van der Waals surface area contributed by atoms with Crippen LogP contribution in [0.15, 0.2) is 29.4 Å². The number of carbonyl (C=O) groups excluding carboxylic acids is 3. The molecule has 1 atom stereocenters. The molecule has 156 valence electrons. The summed E-state index contributed by atoms with van der Waals surface area (Å²) in [5.74, 6) is -1.22. The van der Waals surface area contributed by atoms with Gasteiger partial charge >= 0.3 is 0 Å². The summed E-state index contributed by atoms with van der Waals surface area (Å²) in [4.78, 5) is 38.3. The summed E-state index contributed by atoms with van der Waals surface area (Å²) in [7, 11) is -1.70. The molecule has 1 aromatic carbocycles. The second-order valence-electron chi connectivity index (χ2n) is 7.42. The predicted molar refractivity (Wildman–Crippen MR) is 108 cm³/mol. The van der Waals surface area contributed by atoms with Gasteiger partial charge in [-0.15, -0.1) is 0 Å². The summed E-state index contributed by atoms with van der Waals surface area (Å²) in [5, 5.41) is 8.01. The van der Waals surface area contributed by atoms with Crippen molar-refractivity contribution in [1.82, 2.24) is 9.91 Å². The van der Waals surface area contributed by atoms with E-state index in [0.29, 0.717) is 12.1 Å². The van der Waals surface area contributed by atoms with E-state index in [4.69, 9.17) is 0 Å². The van der Waals surface area contributed by atoms with E-state index in [1.807, 2.05) is 19.1 Å². The molecule has 9 nitrogen and oxygen atoms in total. The van der Waals surface area contributed by atoms with Crippen molar-refractivity contribution in [3.05, 3.63) is 29.8 Å². The molecule has 0 aromatic heterocycles. The van der Waals surface area contributed by atoms with Gasteiger partial charge in [0.1, 0.15) is 5.71 Å². The Hall–Kier alpha value is -2.75. The van der Waals surface area contributed by atoms with Crippen LogP contribution in [-0.4, -0.2) is 72.9 Å². The molecular weight excluding hydrogens is 396 g/mol. The highest BCUT2D eigenvalue weighted by molar-refractivity contribution is 7.91. The third-order valence-electron chi connectivity index (χ3n) is 4.92. The fraction of sp³-hybridized carbons (Fsp3) is 0.474. The first-order valence-corrected chi connectivity index (χ1v) is 11.2. The van der Waals surface area contributed by atoms with Crippen molar-refractivity contribution < 1.29 is 22.8 Å². The Balaban J connectivity index is 1.63. The lowest BCUT2D eigenvalue weighted by atomic mass is 10.1. The SMILES string of the molecule is Cc1ccc(NC(=O)CN(C)C(=O)C2=NN([C@H]3CCS(=O)(=O)C3)C(=O)CC2)cc1. The molecule has 29 heavy (non-hydrogen) atoms. The molecule has 0 saturated carbocycles. The van der Waals surface area contributed by atoms with Crippen LogP contribution in [0, 0.1) is 6.92 Å². The number of nitrogens with one attached hydrogen (secondary N) is 1. The number of hydrogen-bond donors (Lipinski definition) is 1. The predicted octanol–water partition coefficient (Wildman–Crippen LogP) is 0.557. The quantitative estimate of drug-likeness (QED) is 0.747. The van der Waals surface area contributed by atoms with E-state index < -0.39 is 21.8 Å². The second-order valence-corrected chi connectivity index (χ2v) is 9.65. The average Bonchev–Trinajstić information content (AvgIpc) is 3.03. The maximum atomic E-state index is 12.7. The highest BCUT2D eigenvalue weighted by Crippen LogP contribution is 2.22. The summed E-state index contributed by atoms with van der Waals surface area (Å²) in [5.41, 5.74) is 1.86. The number of benzene rings is 1. The summed E-state index contributed by atoms with van der Waals surface area (Å²) in [6.45, 7) is 1.77. The van der Waals surface area contributed by atoms with Crippen molar-refractivity contribution in [2.45, 2.75) is 32.2 Å². The van der Waals surface area contributed by atoms with Crippen LogP contribution >= 0.6 is 0 Å². The summed E-state index contributed by atoms with van der Waals surface area (Å²) < 4.78 is 23.4. The molecule has 1 saturated heterocycles. The van der Waals surface area contributed by atoms with Crippen molar-refractivity contribution in [2.75, 3.05) is 30.4 Å². The van der Waals surface area contributed by atoms with Gasteiger partial charge < -0.3 is 10.2 Å². The minimum atomic E-state index is -3.18. The Bertz CT molecular complexity index is 955. The van der Waals surface area contributed by atoms with Crippen molar-refractivity contribution in [2.24, 2.45) is 5.10 Å². The zero-order valence-corrected chi connectivity index (χ0v) is 17.2. The minimum absolute atomic E-state index is 0.0132. The number of rotatable bonds is 5. The number of nitrogens with zero attached hydrogens (tertiary/aromatic N) is 3. The average molecular weight is 420 g/mol. The van der Waals surface area contributed by atoms with Crippen molar-refractivity contribution >= 4 is 39.0 Å². The number of hydrogen-bond acceptors (Lipinski definition) is 6. The van der Waals surface area contributed by atoms with Crippen LogP contribution in [0.3, 0.4) is 0 Å². The minimum Gasteiger partial charge on any atom is -0.331 e. The van der Waals surface area contributed by atoms with Crippen LogP contribution in [0.1, 0.15) is 24.8 Å². The van der Waals surface area contributed by atoms with E-state index in [1.54, 1.807) is 12.1 Å². The van der Waals surface area contributed by atoms with Gasteiger partial charge in [-0.25, -0.2) is 13.4 Å². The number of hydrazone groups is 1. The van der Waals surface area contributed by atoms with Crippen LogP contribution < -0.4 is 5.32 Å². The normalized spacial score (nSPS) is 20.9. The second kappa shape index (κ2) is 8.32. The molecule has 2 heterocycles. The highest BCUT2D eigenvalue weighted by Gasteiger charge is 2.37. The lowest BCUT2D eigenvalue weighted by molar-refractivity contribution is -0.134. The van der Waals surface area contributed by atoms with Gasteiger partial charge in [0, 0.05) is 25.6 Å². The van der Waals surface area contributed by atoms with Gasteiger partial charge in [0.15, 0.2) is 9.84 Å². The Kier molecular flexibility index (Phi) is 6.02. The van der Waals surface area contributed by atoms with Gasteiger partial charge in [-0.3, -0.25) is 14.4 Å². The molecule has 1 N–H and O–H groups in total. The number of carbonyl (C=O) groups is 3.